The largest absolute Gasteiger partial charge is 0.508 e. The van der Waals surface area contributed by atoms with E-state index in [2.05, 4.69) is 5.10 Å². The number of benzene rings is 2. The van der Waals surface area contributed by atoms with Crippen molar-refractivity contribution in [1.29, 1.82) is 0 Å². The number of nitrogens with zero attached hydrogens (tertiary/aromatic N) is 2. The van der Waals surface area contributed by atoms with Gasteiger partial charge in [-0.15, -0.1) is 0 Å². The Labute approximate surface area is 137 Å². The van der Waals surface area contributed by atoms with Gasteiger partial charge in [-0.25, -0.2) is 4.68 Å². The molecule has 3 aromatic rings. The number of aromatic nitrogens is 2. The first-order valence-electron chi connectivity index (χ1n) is 7.53. The van der Waals surface area contributed by atoms with Gasteiger partial charge in [0.1, 0.15) is 5.75 Å². The number of aliphatic carboxylic acids is 1. The summed E-state index contributed by atoms with van der Waals surface area (Å²) in [5, 5.41) is 24.0. The number of phenolic OH excluding ortho intramolecular Hbond substituents is 1. The molecule has 0 aliphatic rings. The molecule has 2 N–H and O–H groups in total. The van der Waals surface area contributed by atoms with Crippen LogP contribution in [-0.4, -0.2) is 26.0 Å². The predicted molar refractivity (Wildman–Crippen MR) is 89.2 cm³/mol. The van der Waals surface area contributed by atoms with Crippen LogP contribution in [-0.2, 0) is 17.8 Å². The molecule has 0 radical (unpaired) electrons. The van der Waals surface area contributed by atoms with E-state index in [4.69, 9.17) is 5.11 Å². The zero-order valence-electron chi connectivity index (χ0n) is 12.8. The zero-order valence-corrected chi connectivity index (χ0v) is 12.8. The second-order valence-electron chi connectivity index (χ2n) is 5.51. The molecule has 1 aromatic heterocycles. The summed E-state index contributed by atoms with van der Waals surface area (Å²) < 4.78 is 1.20. The maximum Gasteiger partial charge on any atom is 0.305 e. The Morgan fingerprint density at radius 2 is 1.83 bits per heavy atom. The number of fused-ring (bicyclic) bond motifs is 1. The summed E-state index contributed by atoms with van der Waals surface area (Å²) in [5.74, 6) is -0.817. The van der Waals surface area contributed by atoms with Crippen LogP contribution < -0.4 is 5.56 Å². The highest BCUT2D eigenvalue weighted by atomic mass is 16.4. The Balaban J connectivity index is 2.09. The molecule has 0 atom stereocenters. The van der Waals surface area contributed by atoms with Crippen molar-refractivity contribution in [1.82, 2.24) is 9.78 Å². The van der Waals surface area contributed by atoms with E-state index in [0.29, 0.717) is 17.5 Å². The minimum absolute atomic E-state index is 0.0199. The lowest BCUT2D eigenvalue weighted by molar-refractivity contribution is -0.137. The van der Waals surface area contributed by atoms with Gasteiger partial charge < -0.3 is 10.2 Å². The highest BCUT2D eigenvalue weighted by Gasteiger charge is 2.12. The average molecular weight is 324 g/mol. The molecule has 6 heteroatoms. The standard InChI is InChI=1S/C18H16N2O4/c21-13-5-3-4-12(10-13)11-16-14-6-1-2-7-15(14)18(24)20(19-16)9-8-17(22)23/h1-7,10,21H,8-9,11H2,(H,22,23). The van der Waals surface area contributed by atoms with Crippen LogP contribution in [0.25, 0.3) is 10.8 Å². The van der Waals surface area contributed by atoms with Gasteiger partial charge in [0.25, 0.3) is 5.56 Å². The normalized spacial score (nSPS) is 10.8. The fourth-order valence-corrected chi connectivity index (χ4v) is 2.65. The van der Waals surface area contributed by atoms with Gasteiger partial charge in [0.15, 0.2) is 0 Å². The third-order valence-corrected chi connectivity index (χ3v) is 3.76. The minimum Gasteiger partial charge on any atom is -0.508 e. The molecule has 0 amide bonds. The molecular weight excluding hydrogens is 308 g/mol. The fraction of sp³-hybridized carbons (Fsp3) is 0.167. The molecule has 2 aromatic carbocycles. The second kappa shape index (κ2) is 6.54. The first kappa shape index (κ1) is 15.7. The van der Waals surface area contributed by atoms with Crippen molar-refractivity contribution in [2.45, 2.75) is 19.4 Å². The third kappa shape index (κ3) is 3.27. The van der Waals surface area contributed by atoms with Crippen LogP contribution in [0.15, 0.2) is 53.3 Å². The van der Waals surface area contributed by atoms with Gasteiger partial charge in [-0.1, -0.05) is 30.3 Å². The van der Waals surface area contributed by atoms with Crippen LogP contribution in [0.1, 0.15) is 17.7 Å². The van der Waals surface area contributed by atoms with E-state index in [1.807, 2.05) is 18.2 Å². The Morgan fingerprint density at radius 1 is 1.08 bits per heavy atom. The van der Waals surface area contributed by atoms with E-state index < -0.39 is 5.97 Å². The molecule has 0 aliphatic heterocycles. The SMILES string of the molecule is O=C(O)CCn1nc(Cc2cccc(O)c2)c2ccccc2c1=O. The van der Waals surface area contributed by atoms with Crippen LogP contribution in [0.2, 0.25) is 0 Å². The number of hydrogen-bond acceptors (Lipinski definition) is 4. The molecule has 0 saturated carbocycles. The van der Waals surface area contributed by atoms with Crippen molar-refractivity contribution in [3.63, 3.8) is 0 Å². The highest BCUT2D eigenvalue weighted by molar-refractivity contribution is 5.83. The summed E-state index contributed by atoms with van der Waals surface area (Å²) >= 11 is 0. The maximum absolute atomic E-state index is 12.5. The van der Waals surface area contributed by atoms with Gasteiger partial charge in [-0.2, -0.15) is 5.10 Å². The van der Waals surface area contributed by atoms with Gasteiger partial charge in [-0.05, 0) is 23.8 Å². The summed E-state index contributed by atoms with van der Waals surface area (Å²) in [4.78, 5) is 23.3. The van der Waals surface area contributed by atoms with Crippen molar-refractivity contribution in [2.75, 3.05) is 0 Å². The summed E-state index contributed by atoms with van der Waals surface area (Å²) in [6.07, 6.45) is 0.263. The Kier molecular flexibility index (Phi) is 4.29. The molecule has 0 aliphatic carbocycles. The predicted octanol–water partition coefficient (Wildman–Crippen LogP) is 2.17. The molecule has 122 valence electrons. The number of aryl methyl sites for hydroxylation is 1. The molecule has 0 saturated heterocycles. The molecule has 0 bridgehead atoms. The smallest absolute Gasteiger partial charge is 0.305 e. The number of aromatic hydroxyl groups is 1. The summed E-state index contributed by atoms with van der Waals surface area (Å²) in [7, 11) is 0. The van der Waals surface area contributed by atoms with E-state index in [0.717, 1.165) is 10.9 Å². The van der Waals surface area contributed by atoms with Gasteiger partial charge in [-0.3, -0.25) is 9.59 Å². The number of rotatable bonds is 5. The number of phenols is 1. The lowest BCUT2D eigenvalue weighted by atomic mass is 10.0. The van der Waals surface area contributed by atoms with E-state index >= 15 is 0 Å². The van der Waals surface area contributed by atoms with E-state index in [-0.39, 0.29) is 24.3 Å². The Morgan fingerprint density at radius 3 is 2.54 bits per heavy atom. The van der Waals surface area contributed by atoms with E-state index in [1.54, 1.807) is 30.3 Å². The van der Waals surface area contributed by atoms with Gasteiger partial charge in [0.05, 0.1) is 24.0 Å². The third-order valence-electron chi connectivity index (χ3n) is 3.76. The Hall–Kier alpha value is -3.15. The fourth-order valence-electron chi connectivity index (χ4n) is 2.65. The molecule has 0 spiro atoms. The number of carbonyl (C=O) groups is 1. The van der Waals surface area contributed by atoms with E-state index in [1.165, 1.54) is 4.68 Å². The summed E-state index contributed by atoms with van der Waals surface area (Å²) in [5.41, 5.74) is 1.23. The summed E-state index contributed by atoms with van der Waals surface area (Å²) in [6, 6.07) is 14.0. The van der Waals surface area contributed by atoms with Crippen LogP contribution in [0, 0.1) is 0 Å². The molecule has 0 unspecified atom stereocenters. The quantitative estimate of drug-likeness (QED) is 0.750. The van der Waals surface area contributed by atoms with Crippen molar-refractivity contribution in [3.8, 4) is 5.75 Å². The van der Waals surface area contributed by atoms with Crippen molar-refractivity contribution in [2.24, 2.45) is 0 Å². The second-order valence-corrected chi connectivity index (χ2v) is 5.51. The van der Waals surface area contributed by atoms with Crippen LogP contribution in [0.4, 0.5) is 0 Å². The van der Waals surface area contributed by atoms with Gasteiger partial charge in [0.2, 0.25) is 0 Å². The zero-order chi connectivity index (χ0) is 17.1. The van der Waals surface area contributed by atoms with Crippen LogP contribution in [0.3, 0.4) is 0 Å². The summed E-state index contributed by atoms with van der Waals surface area (Å²) in [6.45, 7) is 0.0199. The molecule has 3 rings (SSSR count). The van der Waals surface area contributed by atoms with Gasteiger partial charge in [0, 0.05) is 11.8 Å². The minimum atomic E-state index is -0.980. The average Bonchev–Trinajstić information content (AvgIpc) is 2.56. The molecule has 6 nitrogen and oxygen atoms in total. The van der Waals surface area contributed by atoms with Crippen molar-refractivity contribution in [3.05, 3.63) is 70.1 Å². The highest BCUT2D eigenvalue weighted by Crippen LogP contribution is 2.19. The monoisotopic (exact) mass is 324 g/mol. The van der Waals surface area contributed by atoms with Crippen LogP contribution in [0.5, 0.6) is 5.75 Å². The molecule has 0 fully saturated rings. The lowest BCUT2D eigenvalue weighted by Gasteiger charge is -2.10. The molecule has 1 heterocycles. The van der Waals surface area contributed by atoms with E-state index in [9.17, 15) is 14.7 Å². The lowest BCUT2D eigenvalue weighted by Crippen LogP contribution is -2.26. The number of carboxylic acid groups (broad SMARTS) is 1. The van der Waals surface area contributed by atoms with Gasteiger partial charge >= 0.3 is 5.97 Å². The number of hydrogen-bond donors (Lipinski definition) is 2. The van der Waals surface area contributed by atoms with Crippen molar-refractivity contribution >= 4 is 16.7 Å². The maximum atomic E-state index is 12.5. The first-order chi connectivity index (χ1) is 11.5. The van der Waals surface area contributed by atoms with Crippen molar-refractivity contribution < 1.29 is 15.0 Å². The first-order valence-corrected chi connectivity index (χ1v) is 7.53. The molecule has 24 heavy (non-hydrogen) atoms. The topological polar surface area (TPSA) is 92.4 Å². The molecular formula is C18H16N2O4. The Bertz CT molecular complexity index is 963. The number of carboxylic acids is 1. The van der Waals surface area contributed by atoms with Crippen LogP contribution >= 0.6 is 0 Å².